The summed E-state index contributed by atoms with van der Waals surface area (Å²) in [6.07, 6.45) is 0.371. The molecule has 0 saturated heterocycles. The van der Waals surface area contributed by atoms with Gasteiger partial charge in [0.15, 0.2) is 5.82 Å². The molecule has 0 saturated carbocycles. The highest BCUT2D eigenvalue weighted by molar-refractivity contribution is 5.90. The Morgan fingerprint density at radius 1 is 1.00 bits per heavy atom. The molecule has 6 heteroatoms. The second-order valence-corrected chi connectivity index (χ2v) is 7.40. The van der Waals surface area contributed by atoms with E-state index in [0.717, 1.165) is 10.9 Å². The molecule has 0 fully saturated rings. The van der Waals surface area contributed by atoms with Crippen molar-refractivity contribution in [3.8, 4) is 0 Å². The highest BCUT2D eigenvalue weighted by Crippen LogP contribution is 2.20. The van der Waals surface area contributed by atoms with E-state index in [1.807, 2.05) is 48.5 Å². The van der Waals surface area contributed by atoms with E-state index in [9.17, 15) is 9.59 Å². The Bertz CT molecular complexity index is 980. The van der Waals surface area contributed by atoms with Gasteiger partial charge in [-0.1, -0.05) is 62.4 Å². The molecule has 0 radical (unpaired) electrons. The molecule has 3 N–H and O–H groups in total. The van der Waals surface area contributed by atoms with Crippen LogP contribution >= 0.6 is 0 Å². The van der Waals surface area contributed by atoms with Crippen molar-refractivity contribution >= 4 is 22.5 Å². The summed E-state index contributed by atoms with van der Waals surface area (Å²) >= 11 is 0. The van der Waals surface area contributed by atoms with Gasteiger partial charge in [0, 0.05) is 18.5 Å². The Balaban J connectivity index is 1.58. The largest absolute Gasteiger partial charge is 0.368 e. The molecule has 1 heterocycles. The molecule has 0 bridgehead atoms. The maximum atomic E-state index is 12.2. The lowest BCUT2D eigenvalue weighted by Gasteiger charge is -2.26. The number of carbonyl (C=O) groups excluding carboxylic acids is 1. The lowest BCUT2D eigenvalue weighted by atomic mass is 9.93. The zero-order valence-corrected chi connectivity index (χ0v) is 15.6. The lowest BCUT2D eigenvalue weighted by Crippen LogP contribution is -2.38. The summed E-state index contributed by atoms with van der Waals surface area (Å²) in [6.45, 7) is 5.27. The van der Waals surface area contributed by atoms with Crippen molar-refractivity contribution in [1.29, 1.82) is 0 Å². The first-order valence-corrected chi connectivity index (χ1v) is 8.96. The summed E-state index contributed by atoms with van der Waals surface area (Å²) in [5, 5.41) is 14.3. The predicted octanol–water partition coefficient (Wildman–Crippen LogP) is 2.72. The Kier molecular flexibility index (Phi) is 5.54. The fourth-order valence-electron chi connectivity index (χ4n) is 2.82. The highest BCUT2D eigenvalue weighted by Gasteiger charge is 2.20. The number of hydrogen-bond donors (Lipinski definition) is 3. The molecule has 0 unspecified atom stereocenters. The molecule has 0 aliphatic rings. The van der Waals surface area contributed by atoms with Gasteiger partial charge in [0.1, 0.15) is 0 Å². The topological polar surface area (TPSA) is 86.9 Å². The number of nitrogens with zero attached hydrogens (tertiary/aromatic N) is 1. The second-order valence-electron chi connectivity index (χ2n) is 7.40. The van der Waals surface area contributed by atoms with Crippen LogP contribution in [0, 0.1) is 5.41 Å². The molecule has 3 aromatic rings. The van der Waals surface area contributed by atoms with E-state index >= 15 is 0 Å². The average Bonchev–Trinajstić information content (AvgIpc) is 2.67. The minimum absolute atomic E-state index is 0.00175. The van der Waals surface area contributed by atoms with Gasteiger partial charge in [0.2, 0.25) is 5.91 Å². The molecule has 6 nitrogen and oxygen atoms in total. The fourth-order valence-corrected chi connectivity index (χ4v) is 2.82. The van der Waals surface area contributed by atoms with Crippen molar-refractivity contribution in [3.63, 3.8) is 0 Å². The fraction of sp³-hybridized carbons (Fsp3) is 0.286. The van der Waals surface area contributed by atoms with E-state index in [1.165, 1.54) is 0 Å². The summed E-state index contributed by atoms with van der Waals surface area (Å²) in [4.78, 5) is 24.0. The minimum atomic E-state index is -0.205. The molecule has 0 aliphatic carbocycles. The van der Waals surface area contributed by atoms with Crippen LogP contribution in [0.1, 0.15) is 19.4 Å². The van der Waals surface area contributed by atoms with Crippen LogP contribution < -0.4 is 16.2 Å². The number of fused-ring (bicyclic) bond motifs is 1. The van der Waals surface area contributed by atoms with Crippen LogP contribution in [0.2, 0.25) is 0 Å². The van der Waals surface area contributed by atoms with Crippen molar-refractivity contribution in [2.75, 3.05) is 18.4 Å². The third-order valence-corrected chi connectivity index (χ3v) is 4.40. The van der Waals surface area contributed by atoms with Crippen LogP contribution in [0.5, 0.6) is 0 Å². The zero-order chi connectivity index (χ0) is 19.3. The predicted molar refractivity (Wildman–Crippen MR) is 108 cm³/mol. The van der Waals surface area contributed by atoms with Crippen molar-refractivity contribution < 1.29 is 4.79 Å². The van der Waals surface area contributed by atoms with Gasteiger partial charge in [-0.2, -0.15) is 5.10 Å². The number of H-pyrrole nitrogens is 1. The zero-order valence-electron chi connectivity index (χ0n) is 15.6. The maximum absolute atomic E-state index is 12.2. The van der Waals surface area contributed by atoms with E-state index in [-0.39, 0.29) is 16.9 Å². The molecular weight excluding hydrogens is 340 g/mol. The molecule has 0 atom stereocenters. The van der Waals surface area contributed by atoms with E-state index in [1.54, 1.807) is 6.07 Å². The third-order valence-electron chi connectivity index (χ3n) is 4.40. The Labute approximate surface area is 158 Å². The van der Waals surface area contributed by atoms with Gasteiger partial charge in [0.05, 0.1) is 11.8 Å². The first kappa shape index (κ1) is 18.6. The van der Waals surface area contributed by atoms with Gasteiger partial charge in [-0.3, -0.25) is 9.59 Å². The summed E-state index contributed by atoms with van der Waals surface area (Å²) < 4.78 is 0. The Morgan fingerprint density at radius 3 is 2.41 bits per heavy atom. The molecule has 2 aromatic carbocycles. The van der Waals surface area contributed by atoms with Crippen LogP contribution in [0.25, 0.3) is 10.8 Å². The number of amides is 1. The van der Waals surface area contributed by atoms with Crippen LogP contribution in [-0.4, -0.2) is 29.2 Å². The van der Waals surface area contributed by atoms with Gasteiger partial charge in [0.25, 0.3) is 5.56 Å². The number of hydrogen-bond acceptors (Lipinski definition) is 4. The number of anilines is 1. The molecule has 27 heavy (non-hydrogen) atoms. The number of aromatic nitrogens is 2. The van der Waals surface area contributed by atoms with Gasteiger partial charge in [-0.25, -0.2) is 5.10 Å². The maximum Gasteiger partial charge on any atom is 0.272 e. The summed E-state index contributed by atoms with van der Waals surface area (Å²) in [7, 11) is 0. The van der Waals surface area contributed by atoms with Crippen molar-refractivity contribution in [2.24, 2.45) is 5.41 Å². The first-order chi connectivity index (χ1) is 12.9. The van der Waals surface area contributed by atoms with E-state index in [2.05, 4.69) is 34.7 Å². The molecule has 0 aliphatic heterocycles. The molecule has 1 amide bonds. The molecular formula is C21H24N4O2. The monoisotopic (exact) mass is 364 g/mol. The Morgan fingerprint density at radius 2 is 1.67 bits per heavy atom. The second kappa shape index (κ2) is 8.03. The number of benzene rings is 2. The SMILES string of the molecule is CC(C)(CNC(=O)Cc1ccccc1)CNc1n[nH]c(=O)c2ccccc12. The smallest absolute Gasteiger partial charge is 0.272 e. The molecule has 3 rings (SSSR count). The first-order valence-electron chi connectivity index (χ1n) is 8.96. The standard InChI is InChI=1S/C21H24N4O2/c1-21(2,13-22-18(26)12-15-8-4-3-5-9-15)14-23-19-16-10-6-7-11-17(16)20(27)25-24-19/h3-11H,12-14H2,1-2H3,(H,22,26)(H,23,24)(H,25,27). The highest BCUT2D eigenvalue weighted by atomic mass is 16.1. The number of nitrogens with one attached hydrogen (secondary N) is 3. The van der Waals surface area contributed by atoms with Gasteiger partial charge < -0.3 is 10.6 Å². The van der Waals surface area contributed by atoms with Crippen LogP contribution in [-0.2, 0) is 11.2 Å². The van der Waals surface area contributed by atoms with Gasteiger partial charge in [-0.05, 0) is 17.0 Å². The van der Waals surface area contributed by atoms with Crippen LogP contribution in [0.4, 0.5) is 5.82 Å². The average molecular weight is 364 g/mol. The van der Waals surface area contributed by atoms with Crippen molar-refractivity contribution in [2.45, 2.75) is 20.3 Å². The summed E-state index contributed by atoms with van der Waals surface area (Å²) in [5.74, 6) is 0.635. The number of rotatable bonds is 7. The molecule has 1 aromatic heterocycles. The summed E-state index contributed by atoms with van der Waals surface area (Å²) in [5.41, 5.74) is 0.601. The van der Waals surface area contributed by atoms with Crippen LogP contribution in [0.15, 0.2) is 59.4 Å². The molecule has 140 valence electrons. The number of aromatic amines is 1. The van der Waals surface area contributed by atoms with E-state index in [0.29, 0.717) is 30.7 Å². The van der Waals surface area contributed by atoms with Crippen molar-refractivity contribution in [1.82, 2.24) is 15.5 Å². The van der Waals surface area contributed by atoms with Gasteiger partial charge in [-0.15, -0.1) is 0 Å². The normalized spacial score (nSPS) is 11.3. The van der Waals surface area contributed by atoms with E-state index in [4.69, 9.17) is 0 Å². The van der Waals surface area contributed by atoms with Crippen LogP contribution in [0.3, 0.4) is 0 Å². The van der Waals surface area contributed by atoms with E-state index < -0.39 is 0 Å². The third kappa shape index (κ3) is 4.94. The quantitative estimate of drug-likeness (QED) is 0.602. The van der Waals surface area contributed by atoms with Gasteiger partial charge >= 0.3 is 0 Å². The lowest BCUT2D eigenvalue weighted by molar-refractivity contribution is -0.120. The number of carbonyl (C=O) groups is 1. The Hall–Kier alpha value is -3.15. The molecule has 0 spiro atoms. The minimum Gasteiger partial charge on any atom is -0.368 e. The van der Waals surface area contributed by atoms with Crippen molar-refractivity contribution in [3.05, 3.63) is 70.5 Å². The summed E-state index contributed by atoms with van der Waals surface area (Å²) in [6, 6.07) is 17.0.